The van der Waals surface area contributed by atoms with Crippen molar-refractivity contribution in [3.63, 3.8) is 0 Å². The van der Waals surface area contributed by atoms with E-state index in [0.29, 0.717) is 31.1 Å². The predicted octanol–water partition coefficient (Wildman–Crippen LogP) is 8.30. The molecule has 0 saturated heterocycles. The summed E-state index contributed by atoms with van der Waals surface area (Å²) in [7, 11) is 0. The molecule has 2 rings (SSSR count). The maximum Gasteiger partial charge on any atom is 0.417 e. The minimum absolute atomic E-state index is 0.127. The molecule has 256 valence electrons. The molecule has 2 aromatic rings. The quantitative estimate of drug-likeness (QED) is 0.155. The average Bonchev–Trinajstić information content (AvgIpc) is 2.94. The van der Waals surface area contributed by atoms with Crippen LogP contribution in [0.15, 0.2) is 43.1 Å². The molecule has 17 heteroatoms. The van der Waals surface area contributed by atoms with Crippen molar-refractivity contribution in [2.45, 2.75) is 77.6 Å². The Morgan fingerprint density at radius 1 is 0.822 bits per heavy atom. The molecule has 0 aliphatic heterocycles. The Labute approximate surface area is 281 Å². The van der Waals surface area contributed by atoms with Crippen molar-refractivity contribution in [3.8, 4) is 0 Å². The molecule has 0 spiro atoms. The number of halogens is 9. The van der Waals surface area contributed by atoms with E-state index < -0.39 is 46.6 Å². The zero-order valence-electron chi connectivity index (χ0n) is 25.2. The first-order valence-electron chi connectivity index (χ1n) is 13.6. The fourth-order valence-corrected chi connectivity index (χ4v) is 4.88. The highest BCUT2D eigenvalue weighted by Crippen LogP contribution is 2.35. The third kappa shape index (κ3) is 14.0. The Bertz CT molecular complexity index is 1360. The van der Waals surface area contributed by atoms with E-state index in [-0.39, 0.29) is 32.3 Å². The maximum absolute atomic E-state index is 12.8. The van der Waals surface area contributed by atoms with Crippen molar-refractivity contribution >= 4 is 59.7 Å². The van der Waals surface area contributed by atoms with Crippen LogP contribution in [0, 0.1) is 11.8 Å². The molecule has 8 nitrogen and oxygen atoms in total. The number of esters is 2. The molecule has 2 heterocycles. The van der Waals surface area contributed by atoms with Gasteiger partial charge < -0.3 is 14.5 Å². The van der Waals surface area contributed by atoms with E-state index in [1.807, 2.05) is 20.8 Å². The Morgan fingerprint density at radius 2 is 1.29 bits per heavy atom. The Balaban J connectivity index is 0.000000710. The second kappa shape index (κ2) is 19.5. The summed E-state index contributed by atoms with van der Waals surface area (Å²) < 4.78 is 84.8. The maximum atomic E-state index is 12.8. The number of carbonyl (C=O) groups excluding carboxylic acids is 2. The Hall–Kier alpha value is -2.14. The number of aromatic nitrogens is 2. The van der Waals surface area contributed by atoms with Crippen LogP contribution >= 0.6 is 47.8 Å². The van der Waals surface area contributed by atoms with E-state index in [1.165, 1.54) is 0 Å². The fourth-order valence-electron chi connectivity index (χ4n) is 3.36. The lowest BCUT2D eigenvalue weighted by Crippen LogP contribution is -2.35. The lowest BCUT2D eigenvalue weighted by Gasteiger charge is -2.24. The van der Waals surface area contributed by atoms with Crippen LogP contribution < -0.4 is 11.1 Å². The van der Waals surface area contributed by atoms with Crippen LogP contribution in [0.5, 0.6) is 0 Å². The largest absolute Gasteiger partial charge is 0.465 e. The number of alkyl halides is 7. The number of rotatable bonds is 9. The normalized spacial score (nSPS) is 14.0. The number of ether oxygens (including phenoxy) is 2. The monoisotopic (exact) mass is 846 g/mol. The first-order valence-corrected chi connectivity index (χ1v) is 16.1. The lowest BCUT2D eigenvalue weighted by molar-refractivity contribution is -0.149. The second-order valence-corrected chi connectivity index (χ2v) is 12.2. The Kier molecular flexibility index (Phi) is 18.6. The molecule has 0 aliphatic carbocycles. The van der Waals surface area contributed by atoms with Gasteiger partial charge in [0.2, 0.25) is 5.56 Å². The van der Waals surface area contributed by atoms with E-state index in [4.69, 9.17) is 9.47 Å². The molecule has 0 saturated carbocycles. The summed E-state index contributed by atoms with van der Waals surface area (Å²) in [6, 6.07) is 0.0269. The van der Waals surface area contributed by atoms with Gasteiger partial charge >= 0.3 is 24.3 Å². The van der Waals surface area contributed by atoms with Crippen LogP contribution in [0.2, 0.25) is 0 Å². The highest BCUT2D eigenvalue weighted by Gasteiger charge is 2.36. The predicted molar refractivity (Wildman–Crippen MR) is 167 cm³/mol. The van der Waals surface area contributed by atoms with Crippen LogP contribution in [0.4, 0.5) is 26.3 Å². The molecule has 45 heavy (non-hydrogen) atoms. The molecule has 0 fully saturated rings. The number of aromatic amines is 1. The van der Waals surface area contributed by atoms with E-state index >= 15 is 0 Å². The molecule has 2 unspecified atom stereocenters. The zero-order chi connectivity index (χ0) is 35.3. The van der Waals surface area contributed by atoms with Gasteiger partial charge in [0.1, 0.15) is 10.9 Å². The first-order chi connectivity index (χ1) is 20.7. The zero-order valence-corrected chi connectivity index (χ0v) is 30.0. The Morgan fingerprint density at radius 3 is 1.71 bits per heavy atom. The molecular weight excluding hydrogens is 814 g/mol. The molecule has 0 aromatic carbocycles. The third-order valence-electron chi connectivity index (χ3n) is 6.18. The molecule has 0 amide bonds. The molecule has 1 N–H and O–H groups in total. The number of carbonyl (C=O) groups is 2. The lowest BCUT2D eigenvalue weighted by atomic mass is 9.98. The fraction of sp³-hybridized carbons (Fsp3) is 0.571. The second-order valence-electron chi connectivity index (χ2n) is 9.46. The van der Waals surface area contributed by atoms with E-state index in [1.54, 1.807) is 13.8 Å². The molecule has 2 aromatic heterocycles. The van der Waals surface area contributed by atoms with E-state index in [0.717, 1.165) is 23.4 Å². The van der Waals surface area contributed by atoms with Crippen molar-refractivity contribution in [3.05, 3.63) is 65.3 Å². The van der Waals surface area contributed by atoms with Gasteiger partial charge in [-0.15, -0.1) is 0 Å². The van der Waals surface area contributed by atoms with Gasteiger partial charge in [-0.25, -0.2) is 4.79 Å². The van der Waals surface area contributed by atoms with Crippen LogP contribution in [0.25, 0.3) is 0 Å². The van der Waals surface area contributed by atoms with Gasteiger partial charge in [0.25, 0.3) is 5.56 Å². The summed E-state index contributed by atoms with van der Waals surface area (Å²) in [5.41, 5.74) is -3.70. The highest BCUT2D eigenvalue weighted by molar-refractivity contribution is 9.11. The minimum Gasteiger partial charge on any atom is -0.465 e. The number of hydrogen-bond acceptors (Lipinski definition) is 6. The molecule has 0 aliphatic rings. The third-order valence-corrected chi connectivity index (χ3v) is 8.75. The van der Waals surface area contributed by atoms with Crippen molar-refractivity contribution in [2.24, 2.45) is 11.8 Å². The summed E-state index contributed by atoms with van der Waals surface area (Å²) in [6.45, 7) is 11.7. The van der Waals surface area contributed by atoms with Crippen LogP contribution in [0.1, 0.15) is 71.6 Å². The minimum atomic E-state index is -4.65. The highest BCUT2D eigenvalue weighted by atomic mass is 79.9. The smallest absolute Gasteiger partial charge is 0.417 e. The summed E-state index contributed by atoms with van der Waals surface area (Å²) in [5.74, 6) is -0.707. The first kappa shape index (κ1) is 42.9. The van der Waals surface area contributed by atoms with Crippen molar-refractivity contribution < 1.29 is 45.4 Å². The van der Waals surface area contributed by atoms with Gasteiger partial charge in [0.05, 0.1) is 24.3 Å². The van der Waals surface area contributed by atoms with E-state index in [2.05, 4.69) is 59.7 Å². The van der Waals surface area contributed by atoms with Gasteiger partial charge in [-0.1, -0.05) is 56.5 Å². The van der Waals surface area contributed by atoms with E-state index in [9.17, 15) is 45.5 Å². The number of hydrogen-bond donors (Lipinski definition) is 1. The van der Waals surface area contributed by atoms with Gasteiger partial charge in [-0.05, 0) is 57.5 Å². The van der Waals surface area contributed by atoms with Crippen LogP contribution in [0.3, 0.4) is 0 Å². The van der Waals surface area contributed by atoms with Gasteiger partial charge in [0, 0.05) is 33.5 Å². The number of nitrogens with one attached hydrogen (secondary N) is 1. The molecule has 4 atom stereocenters. The average molecular weight is 849 g/mol. The SMILES string of the molecule is CCOC(=O)C(Br)[C@H](C)CC.CCOC(=O)C([C@H](C)CC)n1cc(Br)c(C(F)(F)F)cc1=O.O=c1cc(C(F)(F)F)c(Br)c[nH]1. The number of H-pyrrole nitrogens is 1. The van der Waals surface area contributed by atoms with Crippen LogP contribution in [-0.2, 0) is 31.4 Å². The van der Waals surface area contributed by atoms with Gasteiger partial charge in [-0.3, -0.25) is 19.0 Å². The molecule has 0 bridgehead atoms. The van der Waals surface area contributed by atoms with Gasteiger partial charge in [0.15, 0.2) is 0 Å². The number of pyridine rings is 2. The van der Waals surface area contributed by atoms with Crippen molar-refractivity contribution in [1.82, 2.24) is 9.55 Å². The van der Waals surface area contributed by atoms with Crippen molar-refractivity contribution in [2.75, 3.05) is 13.2 Å². The van der Waals surface area contributed by atoms with Crippen LogP contribution in [-0.4, -0.2) is 39.5 Å². The number of nitrogens with zero attached hydrogens (tertiary/aromatic N) is 1. The summed E-state index contributed by atoms with van der Waals surface area (Å²) in [6.07, 6.45) is -5.63. The van der Waals surface area contributed by atoms with Gasteiger partial charge in [-0.2, -0.15) is 26.3 Å². The topological polar surface area (TPSA) is 107 Å². The summed E-state index contributed by atoms with van der Waals surface area (Å²) in [5, 5.41) is 0. The summed E-state index contributed by atoms with van der Waals surface area (Å²) >= 11 is 8.78. The molecule has 0 radical (unpaired) electrons. The molecular formula is C28H35Br3F6N2O6. The van der Waals surface area contributed by atoms with Crippen molar-refractivity contribution in [1.29, 1.82) is 0 Å². The summed E-state index contributed by atoms with van der Waals surface area (Å²) in [4.78, 5) is 47.7. The standard InChI is InChI=1S/C14H17BrF3NO3.C8H15BrO2.C6H3BrF3NO/c1-4-8(3)12(13(21)22-5-2)19-7-10(15)9(6-11(19)20)14(16,17)18;1-4-6(3)7(9)8(10)11-5-2;7-4-2-11-5(12)1-3(4)6(8,9)10/h6-8,12H,4-5H2,1-3H3;6-7H,4-5H2,1-3H3;1-2H,(H,11,12)/t8-,12?;6-,7?;/m11./s1.